The Morgan fingerprint density at radius 1 is 1.23 bits per heavy atom. The zero-order valence-corrected chi connectivity index (χ0v) is 15.3. The van der Waals surface area contributed by atoms with E-state index in [9.17, 15) is 4.79 Å². The number of nitrogens with zero attached hydrogens (tertiary/aromatic N) is 4. The summed E-state index contributed by atoms with van der Waals surface area (Å²) in [4.78, 5) is 18.7. The van der Waals surface area contributed by atoms with Gasteiger partial charge in [-0.25, -0.2) is 10.4 Å². The van der Waals surface area contributed by atoms with Crippen molar-refractivity contribution in [3.8, 4) is 0 Å². The van der Waals surface area contributed by atoms with Crippen LogP contribution in [0.4, 0.5) is 5.69 Å². The van der Waals surface area contributed by atoms with Gasteiger partial charge in [-0.3, -0.25) is 4.79 Å². The molecule has 0 aliphatic carbocycles. The largest absolute Gasteiger partial charge is 0.378 e. The first-order valence-electron chi connectivity index (χ1n) is 8.55. The minimum Gasteiger partial charge on any atom is -0.378 e. The van der Waals surface area contributed by atoms with E-state index in [1.54, 1.807) is 12.5 Å². The number of anilines is 1. The Morgan fingerprint density at radius 3 is 2.69 bits per heavy atom. The highest BCUT2D eigenvalue weighted by molar-refractivity contribution is 5.83. The number of imidazole rings is 1. The molecule has 2 aromatic carbocycles. The summed E-state index contributed by atoms with van der Waals surface area (Å²) >= 11 is 0. The molecule has 0 fully saturated rings. The van der Waals surface area contributed by atoms with Gasteiger partial charge in [0.1, 0.15) is 0 Å². The van der Waals surface area contributed by atoms with Crippen LogP contribution >= 0.6 is 0 Å². The maximum Gasteiger partial charge on any atom is 0.244 e. The summed E-state index contributed by atoms with van der Waals surface area (Å²) in [6.45, 7) is 2.44. The van der Waals surface area contributed by atoms with Crippen LogP contribution in [0, 0.1) is 5.92 Å². The van der Waals surface area contributed by atoms with Crippen molar-refractivity contribution in [3.63, 3.8) is 0 Å². The maximum absolute atomic E-state index is 12.3. The Bertz CT molecular complexity index is 911. The van der Waals surface area contributed by atoms with E-state index in [1.165, 1.54) is 0 Å². The number of hydrogen-bond acceptors (Lipinski definition) is 4. The first-order chi connectivity index (χ1) is 12.5. The zero-order valence-electron chi connectivity index (χ0n) is 15.3. The molecule has 0 radical (unpaired) electrons. The average Bonchev–Trinajstić information content (AvgIpc) is 3.05. The predicted octanol–water partition coefficient (Wildman–Crippen LogP) is 2.89. The Balaban J connectivity index is 1.57. The number of aromatic nitrogens is 2. The molecule has 0 spiro atoms. The number of benzene rings is 2. The third-order valence-corrected chi connectivity index (χ3v) is 4.24. The number of para-hydroxylation sites is 2. The van der Waals surface area contributed by atoms with Gasteiger partial charge in [0.05, 0.1) is 29.5 Å². The standard InChI is InChI=1S/C20H23N5O/c1-15(13-25-14-21-18-6-4-5-7-19(18)25)20(26)23-22-12-16-8-10-17(11-9-16)24(2)3/h4-12,14-15H,13H2,1-3H3,(H,23,26)/b22-12+. The van der Waals surface area contributed by atoms with Crippen molar-refractivity contribution in [2.45, 2.75) is 13.5 Å². The van der Waals surface area contributed by atoms with E-state index < -0.39 is 0 Å². The smallest absolute Gasteiger partial charge is 0.244 e. The molecule has 0 saturated carbocycles. The number of hydrogen-bond donors (Lipinski definition) is 1. The molecule has 6 nitrogen and oxygen atoms in total. The van der Waals surface area contributed by atoms with E-state index in [4.69, 9.17) is 0 Å². The molecular weight excluding hydrogens is 326 g/mol. The average molecular weight is 349 g/mol. The van der Waals surface area contributed by atoms with E-state index in [0.717, 1.165) is 22.3 Å². The van der Waals surface area contributed by atoms with E-state index in [1.807, 2.05) is 79.0 Å². The van der Waals surface area contributed by atoms with Gasteiger partial charge in [-0.1, -0.05) is 31.2 Å². The van der Waals surface area contributed by atoms with Crippen molar-refractivity contribution >= 4 is 28.8 Å². The van der Waals surface area contributed by atoms with Gasteiger partial charge >= 0.3 is 0 Å². The summed E-state index contributed by atoms with van der Waals surface area (Å²) in [6.07, 6.45) is 3.42. The maximum atomic E-state index is 12.3. The monoisotopic (exact) mass is 349 g/mol. The third kappa shape index (κ3) is 4.08. The van der Waals surface area contributed by atoms with E-state index in [0.29, 0.717) is 6.54 Å². The van der Waals surface area contributed by atoms with Gasteiger partial charge in [0.15, 0.2) is 0 Å². The SMILES string of the molecule is CC(Cn1cnc2ccccc21)C(=O)N/N=C/c1ccc(N(C)C)cc1. The Hall–Kier alpha value is -3.15. The van der Waals surface area contributed by atoms with Crippen LogP contribution in [0.5, 0.6) is 0 Å². The lowest BCUT2D eigenvalue weighted by Gasteiger charge is -2.12. The molecule has 1 heterocycles. The first-order valence-corrected chi connectivity index (χ1v) is 8.55. The van der Waals surface area contributed by atoms with Crippen molar-refractivity contribution in [1.29, 1.82) is 0 Å². The topological polar surface area (TPSA) is 62.5 Å². The number of nitrogens with one attached hydrogen (secondary N) is 1. The lowest BCUT2D eigenvalue weighted by molar-refractivity contribution is -0.124. The van der Waals surface area contributed by atoms with E-state index >= 15 is 0 Å². The predicted molar refractivity (Wildman–Crippen MR) is 105 cm³/mol. The van der Waals surface area contributed by atoms with Crippen LogP contribution in [0.3, 0.4) is 0 Å². The van der Waals surface area contributed by atoms with Crippen LogP contribution in [0.15, 0.2) is 60.0 Å². The van der Waals surface area contributed by atoms with Crippen molar-refractivity contribution in [1.82, 2.24) is 15.0 Å². The molecule has 3 rings (SSSR count). The van der Waals surface area contributed by atoms with Crippen molar-refractivity contribution in [3.05, 3.63) is 60.4 Å². The van der Waals surface area contributed by atoms with Gasteiger partial charge < -0.3 is 9.47 Å². The van der Waals surface area contributed by atoms with Crippen LogP contribution in [0.25, 0.3) is 11.0 Å². The van der Waals surface area contributed by atoms with Gasteiger partial charge in [-0.05, 0) is 29.8 Å². The van der Waals surface area contributed by atoms with Gasteiger partial charge in [0.2, 0.25) is 5.91 Å². The summed E-state index contributed by atoms with van der Waals surface area (Å²) in [6, 6.07) is 15.8. The molecule has 1 amide bonds. The number of carbonyl (C=O) groups excluding carboxylic acids is 1. The molecule has 0 saturated heterocycles. The van der Waals surface area contributed by atoms with Gasteiger partial charge in [-0.2, -0.15) is 5.10 Å². The molecule has 3 aromatic rings. The first kappa shape index (κ1) is 17.7. The highest BCUT2D eigenvalue weighted by Gasteiger charge is 2.14. The van der Waals surface area contributed by atoms with Crippen molar-refractivity contribution in [2.24, 2.45) is 11.0 Å². The lowest BCUT2D eigenvalue weighted by Crippen LogP contribution is -2.27. The summed E-state index contributed by atoms with van der Waals surface area (Å²) in [5, 5.41) is 4.07. The summed E-state index contributed by atoms with van der Waals surface area (Å²) in [5.41, 5.74) is 6.62. The van der Waals surface area contributed by atoms with Gasteiger partial charge in [-0.15, -0.1) is 0 Å². The second-order valence-electron chi connectivity index (χ2n) is 6.51. The van der Waals surface area contributed by atoms with Crippen LogP contribution in [-0.4, -0.2) is 35.8 Å². The third-order valence-electron chi connectivity index (χ3n) is 4.24. The number of amides is 1. The molecule has 1 aromatic heterocycles. The fourth-order valence-electron chi connectivity index (χ4n) is 2.67. The van der Waals surface area contributed by atoms with E-state index in [-0.39, 0.29) is 11.8 Å². The number of carbonyl (C=O) groups is 1. The summed E-state index contributed by atoms with van der Waals surface area (Å²) in [5.74, 6) is -0.343. The van der Waals surface area contributed by atoms with Crippen molar-refractivity contribution < 1.29 is 4.79 Å². The molecular formula is C20H23N5O. The molecule has 0 aliphatic heterocycles. The quantitative estimate of drug-likeness (QED) is 0.550. The fraction of sp³-hybridized carbons (Fsp3) is 0.250. The molecule has 0 bridgehead atoms. The summed E-state index contributed by atoms with van der Waals surface area (Å²) < 4.78 is 1.99. The second-order valence-corrected chi connectivity index (χ2v) is 6.51. The molecule has 0 aliphatic rings. The van der Waals surface area contributed by atoms with Gasteiger partial charge in [0, 0.05) is 26.3 Å². The van der Waals surface area contributed by atoms with Gasteiger partial charge in [0.25, 0.3) is 0 Å². The van der Waals surface area contributed by atoms with Crippen LogP contribution in [-0.2, 0) is 11.3 Å². The Morgan fingerprint density at radius 2 is 1.96 bits per heavy atom. The van der Waals surface area contributed by atoms with Crippen molar-refractivity contribution in [2.75, 3.05) is 19.0 Å². The minimum absolute atomic E-state index is 0.121. The normalized spacial score (nSPS) is 12.4. The van der Waals surface area contributed by atoms with Crippen LogP contribution in [0.2, 0.25) is 0 Å². The Labute approximate surface area is 153 Å². The number of fused-ring (bicyclic) bond motifs is 1. The molecule has 1 N–H and O–H groups in total. The van der Waals surface area contributed by atoms with Crippen LogP contribution < -0.4 is 10.3 Å². The fourth-order valence-corrected chi connectivity index (χ4v) is 2.67. The molecule has 1 atom stereocenters. The molecule has 1 unspecified atom stereocenters. The number of hydrazone groups is 1. The summed E-state index contributed by atoms with van der Waals surface area (Å²) in [7, 11) is 3.99. The highest BCUT2D eigenvalue weighted by atomic mass is 16.2. The highest BCUT2D eigenvalue weighted by Crippen LogP contribution is 2.14. The van der Waals surface area contributed by atoms with E-state index in [2.05, 4.69) is 15.5 Å². The number of rotatable bonds is 6. The second kappa shape index (κ2) is 7.82. The lowest BCUT2D eigenvalue weighted by atomic mass is 10.1. The molecule has 26 heavy (non-hydrogen) atoms. The van der Waals surface area contributed by atoms with Crippen LogP contribution in [0.1, 0.15) is 12.5 Å². The zero-order chi connectivity index (χ0) is 18.5. The Kier molecular flexibility index (Phi) is 5.31. The minimum atomic E-state index is -0.221. The molecule has 6 heteroatoms. The molecule has 134 valence electrons.